The Labute approximate surface area is 111 Å². The van der Waals surface area contributed by atoms with E-state index in [0.717, 1.165) is 0 Å². The van der Waals surface area contributed by atoms with Gasteiger partial charge in [0.15, 0.2) is 11.4 Å². The second-order valence-electron chi connectivity index (χ2n) is 3.74. The molecule has 0 aliphatic carbocycles. The van der Waals surface area contributed by atoms with Crippen LogP contribution in [0, 0.1) is 22.7 Å². The summed E-state index contributed by atoms with van der Waals surface area (Å²) in [6.45, 7) is 3.87. The van der Waals surface area contributed by atoms with Gasteiger partial charge in [0.1, 0.15) is 18.0 Å². The highest BCUT2D eigenvalue weighted by Gasteiger charge is 2.14. The molecular formula is C11H12N4O3S. The van der Waals surface area contributed by atoms with Crippen molar-refractivity contribution >= 4 is 16.2 Å². The summed E-state index contributed by atoms with van der Waals surface area (Å²) >= 11 is 0. The van der Waals surface area contributed by atoms with E-state index in [-0.39, 0.29) is 23.6 Å². The molecule has 100 valence electrons. The van der Waals surface area contributed by atoms with Crippen LogP contribution in [0.4, 0.5) is 0 Å². The van der Waals surface area contributed by atoms with Crippen LogP contribution < -0.4 is 0 Å². The lowest BCUT2D eigenvalue weighted by atomic mass is 10.3. The predicted molar refractivity (Wildman–Crippen MR) is 67.4 cm³/mol. The van der Waals surface area contributed by atoms with Crippen molar-refractivity contribution in [2.45, 2.75) is 19.4 Å². The monoisotopic (exact) mass is 280 g/mol. The van der Waals surface area contributed by atoms with E-state index in [1.54, 1.807) is 0 Å². The van der Waals surface area contributed by atoms with Crippen LogP contribution in [0.5, 0.6) is 0 Å². The summed E-state index contributed by atoms with van der Waals surface area (Å²) in [5.41, 5.74) is 0.149. The molecule has 0 fully saturated rings. The highest BCUT2D eigenvalue weighted by atomic mass is 32.2. The molecule has 1 N–H and O–H groups in total. The van der Waals surface area contributed by atoms with Crippen molar-refractivity contribution in [2.24, 2.45) is 0 Å². The fraction of sp³-hybridized carbons (Fsp3) is 0.364. The average Bonchev–Trinajstić information content (AvgIpc) is 2.70. The highest BCUT2D eigenvalue weighted by Crippen LogP contribution is 2.13. The zero-order valence-corrected chi connectivity index (χ0v) is 10.9. The molecule has 0 aliphatic rings. The Bertz CT molecular complexity index is 661. The summed E-state index contributed by atoms with van der Waals surface area (Å²) in [6, 6.07) is 3.71. The fourth-order valence-corrected chi connectivity index (χ4v) is 2.17. The molecule has 0 saturated carbocycles. The van der Waals surface area contributed by atoms with Crippen LogP contribution in [0.1, 0.15) is 30.1 Å². The van der Waals surface area contributed by atoms with Gasteiger partial charge in [-0.1, -0.05) is 6.58 Å². The first-order valence-electron chi connectivity index (χ1n) is 5.41. The molecule has 7 nitrogen and oxygen atoms in total. The minimum atomic E-state index is -3.97. The second-order valence-corrected chi connectivity index (χ2v) is 5.31. The molecule has 0 amide bonds. The number of imidazole rings is 1. The summed E-state index contributed by atoms with van der Waals surface area (Å²) in [4.78, 5) is 3.94. The minimum Gasteiger partial charge on any atom is -0.315 e. The quantitative estimate of drug-likeness (QED) is 0.611. The van der Waals surface area contributed by atoms with Crippen LogP contribution in [0.15, 0.2) is 6.58 Å². The molecule has 0 unspecified atom stereocenters. The normalized spacial score (nSPS) is 10.7. The van der Waals surface area contributed by atoms with Crippen LogP contribution in [-0.4, -0.2) is 28.3 Å². The Morgan fingerprint density at radius 2 is 2.05 bits per heavy atom. The molecule has 0 bridgehead atoms. The summed E-state index contributed by atoms with van der Waals surface area (Å²) in [7, 11) is -3.97. The Morgan fingerprint density at radius 1 is 1.37 bits per heavy atom. The van der Waals surface area contributed by atoms with E-state index in [4.69, 9.17) is 15.1 Å². The van der Waals surface area contributed by atoms with Crippen molar-refractivity contribution in [3.63, 3.8) is 0 Å². The third kappa shape index (κ3) is 3.91. The molecule has 0 saturated heterocycles. The molecular weight excluding hydrogens is 268 g/mol. The largest absolute Gasteiger partial charge is 0.315 e. The Balaban J connectivity index is 2.84. The number of aromatic nitrogens is 2. The number of nitrogens with zero attached hydrogens (tertiary/aromatic N) is 4. The Hall–Kier alpha value is -2.16. The number of unbranched alkanes of at least 4 members (excludes halogenated alkanes) is 1. The highest BCUT2D eigenvalue weighted by molar-refractivity contribution is 7.85. The fourth-order valence-electron chi connectivity index (χ4n) is 1.60. The van der Waals surface area contributed by atoms with Crippen LogP contribution in [0.2, 0.25) is 0 Å². The van der Waals surface area contributed by atoms with Gasteiger partial charge in [0, 0.05) is 6.54 Å². The molecule has 1 aromatic rings. The number of nitriles is 2. The molecule has 1 aromatic heterocycles. The molecule has 0 spiro atoms. The maximum Gasteiger partial charge on any atom is 0.264 e. The lowest BCUT2D eigenvalue weighted by Crippen LogP contribution is -2.08. The summed E-state index contributed by atoms with van der Waals surface area (Å²) in [6.07, 6.45) is 2.10. The molecule has 0 atom stereocenters. The first-order valence-corrected chi connectivity index (χ1v) is 7.02. The molecule has 1 rings (SSSR count). The third-order valence-electron chi connectivity index (χ3n) is 2.43. The number of hydrogen-bond acceptors (Lipinski definition) is 5. The van der Waals surface area contributed by atoms with Crippen LogP contribution in [0.25, 0.3) is 6.08 Å². The first-order chi connectivity index (χ1) is 8.92. The Morgan fingerprint density at radius 3 is 2.53 bits per heavy atom. The smallest absolute Gasteiger partial charge is 0.264 e. The van der Waals surface area contributed by atoms with E-state index in [1.807, 2.05) is 12.1 Å². The van der Waals surface area contributed by atoms with E-state index in [9.17, 15) is 8.42 Å². The summed E-state index contributed by atoms with van der Waals surface area (Å²) in [5.74, 6) is 0.0536. The van der Waals surface area contributed by atoms with Crippen molar-refractivity contribution in [1.29, 1.82) is 10.5 Å². The molecule has 0 radical (unpaired) electrons. The van der Waals surface area contributed by atoms with Gasteiger partial charge in [-0.15, -0.1) is 0 Å². The predicted octanol–water partition coefficient (Wildman–Crippen LogP) is 0.937. The van der Waals surface area contributed by atoms with Gasteiger partial charge < -0.3 is 4.57 Å². The van der Waals surface area contributed by atoms with E-state index < -0.39 is 10.1 Å². The SMILES string of the molecule is C=Cc1nc(C#N)c(C#N)n1CCCCS(=O)(=O)O. The van der Waals surface area contributed by atoms with Crippen molar-refractivity contribution in [3.05, 3.63) is 23.8 Å². The van der Waals surface area contributed by atoms with Crippen LogP contribution in [-0.2, 0) is 16.7 Å². The van der Waals surface area contributed by atoms with Gasteiger partial charge in [-0.05, 0) is 18.9 Å². The molecule has 1 heterocycles. The molecule has 0 aliphatic heterocycles. The number of hydrogen-bond donors (Lipinski definition) is 1. The van der Waals surface area contributed by atoms with Gasteiger partial charge in [-0.3, -0.25) is 4.55 Å². The van der Waals surface area contributed by atoms with E-state index in [0.29, 0.717) is 18.8 Å². The minimum absolute atomic E-state index is 0.0205. The van der Waals surface area contributed by atoms with E-state index in [1.165, 1.54) is 10.6 Å². The van der Waals surface area contributed by atoms with Gasteiger partial charge in [0.25, 0.3) is 10.1 Å². The zero-order chi connectivity index (χ0) is 14.5. The topological polar surface area (TPSA) is 120 Å². The van der Waals surface area contributed by atoms with E-state index in [2.05, 4.69) is 11.6 Å². The molecule has 8 heteroatoms. The van der Waals surface area contributed by atoms with Crippen molar-refractivity contribution < 1.29 is 13.0 Å². The average molecular weight is 280 g/mol. The maximum absolute atomic E-state index is 10.6. The van der Waals surface area contributed by atoms with Crippen molar-refractivity contribution in [2.75, 3.05) is 5.75 Å². The lowest BCUT2D eigenvalue weighted by Gasteiger charge is -2.05. The molecule has 0 aromatic carbocycles. The zero-order valence-electron chi connectivity index (χ0n) is 10.1. The van der Waals surface area contributed by atoms with Gasteiger partial charge >= 0.3 is 0 Å². The summed E-state index contributed by atoms with van der Waals surface area (Å²) in [5, 5.41) is 17.8. The maximum atomic E-state index is 10.6. The van der Waals surface area contributed by atoms with Crippen molar-refractivity contribution in [1.82, 2.24) is 9.55 Å². The number of rotatable bonds is 6. The van der Waals surface area contributed by atoms with Crippen LogP contribution in [0.3, 0.4) is 0 Å². The molecule has 19 heavy (non-hydrogen) atoms. The first kappa shape index (κ1) is 14.9. The van der Waals surface area contributed by atoms with Gasteiger partial charge in [-0.2, -0.15) is 18.9 Å². The Kier molecular flexibility index (Phi) is 4.81. The van der Waals surface area contributed by atoms with Gasteiger partial charge in [0.05, 0.1) is 5.75 Å². The van der Waals surface area contributed by atoms with E-state index >= 15 is 0 Å². The van der Waals surface area contributed by atoms with Crippen LogP contribution >= 0.6 is 0 Å². The summed E-state index contributed by atoms with van der Waals surface area (Å²) < 4.78 is 31.2. The standard InChI is InChI=1S/C11H12N4O3S/c1-2-11-14-9(7-12)10(8-13)15(11)5-3-4-6-19(16,17)18/h2H,1,3-6H2,(H,16,17,18). The van der Waals surface area contributed by atoms with Gasteiger partial charge in [0.2, 0.25) is 0 Å². The lowest BCUT2D eigenvalue weighted by molar-refractivity contribution is 0.478. The van der Waals surface area contributed by atoms with Gasteiger partial charge in [-0.25, -0.2) is 4.98 Å². The third-order valence-corrected chi connectivity index (χ3v) is 3.23. The second kappa shape index (κ2) is 6.14. The van der Waals surface area contributed by atoms with Crippen molar-refractivity contribution in [3.8, 4) is 12.1 Å².